The lowest BCUT2D eigenvalue weighted by atomic mass is 10.1. The van der Waals surface area contributed by atoms with Crippen molar-refractivity contribution in [2.24, 2.45) is 5.73 Å². The molecule has 0 saturated carbocycles. The Balaban J connectivity index is 2.18. The highest BCUT2D eigenvalue weighted by Crippen LogP contribution is 2.38. The van der Waals surface area contributed by atoms with Crippen molar-refractivity contribution < 1.29 is 18.3 Å². The van der Waals surface area contributed by atoms with Crippen LogP contribution in [0.5, 0.6) is 5.88 Å². The fraction of sp³-hybridized carbons (Fsp3) is 0.389. The van der Waals surface area contributed by atoms with E-state index in [4.69, 9.17) is 15.9 Å². The molecule has 0 radical (unpaired) electrons. The van der Waals surface area contributed by atoms with Crippen molar-refractivity contribution in [2.45, 2.75) is 19.8 Å². The molecule has 0 aromatic carbocycles. The van der Waals surface area contributed by atoms with Crippen molar-refractivity contribution >= 4 is 28.4 Å². The normalized spacial score (nSPS) is 15.7. The number of carbonyl (C=O) groups excluding carboxylic acids is 1. The highest BCUT2D eigenvalue weighted by atomic mass is 32.2. The monoisotopic (exact) mass is 426 g/mol. The summed E-state index contributed by atoms with van der Waals surface area (Å²) in [5, 5.41) is 17.0. The van der Waals surface area contributed by atoms with Crippen LogP contribution in [0.1, 0.15) is 13.3 Å². The number of hydrogen-bond acceptors (Lipinski definition) is 8. The summed E-state index contributed by atoms with van der Waals surface area (Å²) in [6.45, 7) is 2.20. The highest BCUT2D eigenvalue weighted by molar-refractivity contribution is 8.18. The summed E-state index contributed by atoms with van der Waals surface area (Å²) in [6.07, 6.45) is -0.449. The van der Waals surface area contributed by atoms with Gasteiger partial charge in [-0.1, -0.05) is 11.8 Å². The minimum Gasteiger partial charge on any atom is -0.470 e. The van der Waals surface area contributed by atoms with Crippen molar-refractivity contribution in [1.82, 2.24) is 15.6 Å². The van der Waals surface area contributed by atoms with Crippen molar-refractivity contribution in [3.63, 3.8) is 0 Å². The lowest BCUT2D eigenvalue weighted by Crippen LogP contribution is -2.27. The standard InChI is InChI=1S/C18H24F2N6O2S/c1-10-13(16(22)29-14(10)17(27)24-8-4-6-23-2)15(21)26-11-5-3-7-25-18(11)28-9-12(19)20/h3,5,7,12,22-23,26H,4,6,8-9,21H2,1-2H3,(H,24,27)/b15-13+,22-16?. The second-order valence-electron chi connectivity index (χ2n) is 6.07. The number of pyridine rings is 1. The molecule has 2 heterocycles. The van der Waals surface area contributed by atoms with Crippen molar-refractivity contribution in [3.8, 4) is 5.88 Å². The van der Waals surface area contributed by atoms with Crippen molar-refractivity contribution in [3.05, 3.63) is 40.2 Å². The summed E-state index contributed by atoms with van der Waals surface area (Å²) in [6, 6.07) is 3.17. The minimum atomic E-state index is -2.64. The van der Waals surface area contributed by atoms with Crippen LogP contribution in [0.3, 0.4) is 0 Å². The van der Waals surface area contributed by atoms with Gasteiger partial charge >= 0.3 is 0 Å². The number of rotatable bonds is 10. The zero-order chi connectivity index (χ0) is 21.4. The van der Waals surface area contributed by atoms with Gasteiger partial charge in [0.15, 0.2) is 6.61 Å². The highest BCUT2D eigenvalue weighted by Gasteiger charge is 2.29. The summed E-state index contributed by atoms with van der Waals surface area (Å²) in [5.74, 6) is -0.191. The van der Waals surface area contributed by atoms with E-state index in [-0.39, 0.29) is 28.3 Å². The van der Waals surface area contributed by atoms with E-state index >= 15 is 0 Å². The Morgan fingerprint density at radius 1 is 1.41 bits per heavy atom. The predicted molar refractivity (Wildman–Crippen MR) is 110 cm³/mol. The number of thioether (sulfide) groups is 1. The number of halogens is 2. The van der Waals surface area contributed by atoms with E-state index in [0.717, 1.165) is 24.7 Å². The molecule has 0 fully saturated rings. The smallest absolute Gasteiger partial charge is 0.272 e. The molecule has 1 aliphatic rings. The Labute approximate surface area is 171 Å². The van der Waals surface area contributed by atoms with Crippen LogP contribution in [0.25, 0.3) is 0 Å². The van der Waals surface area contributed by atoms with Crippen molar-refractivity contribution in [2.75, 3.05) is 32.1 Å². The maximum atomic E-state index is 12.4. The Morgan fingerprint density at radius 2 is 2.17 bits per heavy atom. The Kier molecular flexibility index (Phi) is 8.40. The second-order valence-corrected chi connectivity index (χ2v) is 7.09. The molecule has 158 valence electrons. The van der Waals surface area contributed by atoms with Crippen LogP contribution in [0.15, 0.2) is 40.2 Å². The molecule has 0 spiro atoms. The van der Waals surface area contributed by atoms with Crippen LogP contribution in [0.2, 0.25) is 0 Å². The van der Waals surface area contributed by atoms with E-state index in [1.807, 2.05) is 7.05 Å². The maximum absolute atomic E-state index is 12.4. The number of amides is 1. The number of nitrogens with zero attached hydrogens (tertiary/aromatic N) is 1. The molecule has 11 heteroatoms. The predicted octanol–water partition coefficient (Wildman–Crippen LogP) is 2.03. The number of alkyl halides is 2. The molecular formula is C18H24F2N6O2S. The lowest BCUT2D eigenvalue weighted by molar-refractivity contribution is -0.116. The van der Waals surface area contributed by atoms with Gasteiger partial charge in [0, 0.05) is 12.7 Å². The van der Waals surface area contributed by atoms with E-state index in [1.165, 1.54) is 6.20 Å². The van der Waals surface area contributed by atoms with Gasteiger partial charge in [0.05, 0.1) is 10.5 Å². The summed E-state index contributed by atoms with van der Waals surface area (Å²) < 4.78 is 29.9. The SMILES string of the molecule is CNCCCNC(=O)C1=C(C)/C(=C(/N)Nc2cccnc2OCC(F)F)C(=N)S1. The first-order chi connectivity index (χ1) is 13.8. The Morgan fingerprint density at radius 3 is 2.86 bits per heavy atom. The molecular weight excluding hydrogens is 402 g/mol. The third kappa shape index (κ3) is 6.16. The number of ether oxygens (including phenoxy) is 1. The number of carbonyl (C=O) groups is 1. The van der Waals surface area contributed by atoms with Crippen LogP contribution < -0.4 is 26.4 Å². The average Bonchev–Trinajstić information content (AvgIpc) is 2.98. The van der Waals surface area contributed by atoms with E-state index in [0.29, 0.717) is 22.6 Å². The summed E-state index contributed by atoms with van der Waals surface area (Å²) in [4.78, 5) is 16.7. The summed E-state index contributed by atoms with van der Waals surface area (Å²) in [5.41, 5.74) is 7.35. The van der Waals surface area contributed by atoms with E-state index in [1.54, 1.807) is 19.1 Å². The van der Waals surface area contributed by atoms with Crippen LogP contribution in [0.4, 0.5) is 14.5 Å². The molecule has 1 aromatic heterocycles. The number of nitrogens with one attached hydrogen (secondary N) is 4. The molecule has 0 saturated heterocycles. The zero-order valence-electron chi connectivity index (χ0n) is 16.1. The fourth-order valence-corrected chi connectivity index (χ4v) is 3.54. The minimum absolute atomic E-state index is 0.0299. The Bertz CT molecular complexity index is 828. The van der Waals surface area contributed by atoms with Crippen LogP contribution in [-0.2, 0) is 4.79 Å². The number of anilines is 1. The van der Waals surface area contributed by atoms with Gasteiger partial charge in [-0.15, -0.1) is 0 Å². The average molecular weight is 426 g/mol. The summed E-state index contributed by atoms with van der Waals surface area (Å²) in [7, 11) is 1.84. The number of nitrogens with two attached hydrogens (primary N) is 1. The zero-order valence-corrected chi connectivity index (χ0v) is 17.0. The van der Waals surface area contributed by atoms with E-state index < -0.39 is 13.0 Å². The van der Waals surface area contributed by atoms with Crippen LogP contribution >= 0.6 is 11.8 Å². The molecule has 8 nitrogen and oxygen atoms in total. The van der Waals surface area contributed by atoms with Gasteiger partial charge in [-0.3, -0.25) is 10.2 Å². The molecule has 2 rings (SSSR count). The number of allylic oxidation sites excluding steroid dienone is 1. The molecule has 0 atom stereocenters. The van der Waals surface area contributed by atoms with Crippen LogP contribution in [-0.4, -0.2) is 49.1 Å². The Hall–Kier alpha value is -2.66. The molecule has 0 unspecified atom stereocenters. The molecule has 1 aromatic rings. The van der Waals surface area contributed by atoms with Crippen LogP contribution in [0, 0.1) is 5.41 Å². The van der Waals surface area contributed by atoms with E-state index in [9.17, 15) is 13.6 Å². The fourth-order valence-electron chi connectivity index (χ4n) is 2.55. The molecule has 0 bridgehead atoms. The second kappa shape index (κ2) is 10.8. The molecule has 0 aliphatic carbocycles. The lowest BCUT2D eigenvalue weighted by Gasteiger charge is -2.14. The first kappa shape index (κ1) is 22.6. The van der Waals surface area contributed by atoms with Gasteiger partial charge in [-0.2, -0.15) is 0 Å². The van der Waals surface area contributed by atoms with Gasteiger partial charge in [0.1, 0.15) is 16.6 Å². The first-order valence-corrected chi connectivity index (χ1v) is 9.70. The van der Waals surface area contributed by atoms with Crippen molar-refractivity contribution in [1.29, 1.82) is 5.41 Å². The number of hydrogen-bond donors (Lipinski definition) is 5. The van der Waals surface area contributed by atoms with Gasteiger partial charge in [-0.25, -0.2) is 13.8 Å². The quantitative estimate of drug-likeness (QED) is 0.363. The topological polar surface area (TPSA) is 125 Å². The largest absolute Gasteiger partial charge is 0.470 e. The molecule has 29 heavy (non-hydrogen) atoms. The molecule has 6 N–H and O–H groups in total. The van der Waals surface area contributed by atoms with Gasteiger partial charge in [-0.05, 0) is 44.6 Å². The molecule has 1 amide bonds. The third-order valence-corrected chi connectivity index (χ3v) is 5.00. The van der Waals surface area contributed by atoms with Gasteiger partial charge < -0.3 is 26.4 Å². The number of aromatic nitrogens is 1. The maximum Gasteiger partial charge on any atom is 0.272 e. The summed E-state index contributed by atoms with van der Waals surface area (Å²) >= 11 is 1.02. The van der Waals surface area contributed by atoms with E-state index in [2.05, 4.69) is 20.9 Å². The van der Waals surface area contributed by atoms with Gasteiger partial charge in [0.2, 0.25) is 5.88 Å². The first-order valence-electron chi connectivity index (χ1n) is 8.88. The third-order valence-electron chi connectivity index (χ3n) is 3.90. The van der Waals surface area contributed by atoms with Gasteiger partial charge in [0.25, 0.3) is 12.3 Å². The molecule has 1 aliphatic heterocycles.